The molecule has 0 radical (unpaired) electrons. The van der Waals surface area contributed by atoms with E-state index in [1.165, 1.54) is 12.0 Å². The monoisotopic (exact) mass is 276 g/mol. The standard InChI is InChI=1S/C14H20N4O2/c1-11(13(16-20-5)14(19)17(2)3)15-18(4)12-9-7-6-8-10-12/h6-10H,1-5H3. The van der Waals surface area contributed by atoms with Gasteiger partial charge in [0.05, 0.1) is 11.4 Å². The molecule has 0 aliphatic carbocycles. The van der Waals surface area contributed by atoms with E-state index in [0.717, 1.165) is 5.69 Å². The van der Waals surface area contributed by atoms with Crippen molar-refractivity contribution in [2.24, 2.45) is 10.3 Å². The Kier molecular flexibility index (Phi) is 5.71. The van der Waals surface area contributed by atoms with Gasteiger partial charge in [0.15, 0.2) is 5.71 Å². The predicted molar refractivity (Wildman–Crippen MR) is 81.1 cm³/mol. The van der Waals surface area contributed by atoms with E-state index in [0.29, 0.717) is 5.71 Å². The van der Waals surface area contributed by atoms with Gasteiger partial charge in [0.25, 0.3) is 5.91 Å². The molecule has 0 aliphatic heterocycles. The van der Waals surface area contributed by atoms with Crippen LogP contribution in [0.3, 0.4) is 0 Å². The first-order valence-corrected chi connectivity index (χ1v) is 6.14. The summed E-state index contributed by atoms with van der Waals surface area (Å²) < 4.78 is 0. The lowest BCUT2D eigenvalue weighted by molar-refractivity contribution is -0.121. The molecular formula is C14H20N4O2. The summed E-state index contributed by atoms with van der Waals surface area (Å²) in [5.74, 6) is -0.255. The fourth-order valence-electron chi connectivity index (χ4n) is 1.54. The van der Waals surface area contributed by atoms with Gasteiger partial charge in [-0.25, -0.2) is 0 Å². The Bertz CT molecular complexity index is 509. The van der Waals surface area contributed by atoms with Crippen molar-refractivity contribution < 1.29 is 9.63 Å². The van der Waals surface area contributed by atoms with Crippen LogP contribution in [0.1, 0.15) is 6.92 Å². The molecule has 1 aromatic rings. The van der Waals surface area contributed by atoms with E-state index in [4.69, 9.17) is 4.84 Å². The van der Waals surface area contributed by atoms with E-state index in [1.807, 2.05) is 37.4 Å². The second kappa shape index (κ2) is 7.28. The highest BCUT2D eigenvalue weighted by atomic mass is 16.6. The van der Waals surface area contributed by atoms with Gasteiger partial charge in [0, 0.05) is 21.1 Å². The summed E-state index contributed by atoms with van der Waals surface area (Å²) in [4.78, 5) is 18.2. The summed E-state index contributed by atoms with van der Waals surface area (Å²) in [7, 11) is 6.52. The highest BCUT2D eigenvalue weighted by Crippen LogP contribution is 2.11. The van der Waals surface area contributed by atoms with E-state index in [-0.39, 0.29) is 11.6 Å². The molecule has 0 saturated heterocycles. The molecule has 0 N–H and O–H groups in total. The van der Waals surface area contributed by atoms with Gasteiger partial charge in [0.1, 0.15) is 7.11 Å². The molecule has 0 unspecified atom stereocenters. The van der Waals surface area contributed by atoms with Gasteiger partial charge >= 0.3 is 0 Å². The van der Waals surface area contributed by atoms with Crippen LogP contribution in [-0.4, -0.2) is 50.5 Å². The predicted octanol–water partition coefficient (Wildman–Crippen LogP) is 1.59. The van der Waals surface area contributed by atoms with Gasteiger partial charge in [-0.1, -0.05) is 23.4 Å². The van der Waals surface area contributed by atoms with Crippen molar-refractivity contribution in [3.05, 3.63) is 30.3 Å². The number of oxime groups is 1. The molecular weight excluding hydrogens is 256 g/mol. The Morgan fingerprint density at radius 2 is 1.75 bits per heavy atom. The third kappa shape index (κ3) is 4.08. The third-order valence-electron chi connectivity index (χ3n) is 2.56. The number of anilines is 1. The molecule has 0 spiro atoms. The fraction of sp³-hybridized carbons (Fsp3) is 0.357. The lowest BCUT2D eigenvalue weighted by Gasteiger charge is -2.16. The zero-order valence-corrected chi connectivity index (χ0v) is 12.5. The van der Waals surface area contributed by atoms with Crippen LogP contribution in [0.4, 0.5) is 5.69 Å². The molecule has 1 aromatic carbocycles. The van der Waals surface area contributed by atoms with Crippen molar-refractivity contribution >= 4 is 23.0 Å². The topological polar surface area (TPSA) is 57.5 Å². The molecule has 0 bridgehead atoms. The van der Waals surface area contributed by atoms with Crippen LogP contribution < -0.4 is 5.01 Å². The number of nitrogens with zero attached hydrogens (tertiary/aromatic N) is 4. The molecule has 108 valence electrons. The number of hydrazone groups is 1. The van der Waals surface area contributed by atoms with Crippen LogP contribution in [-0.2, 0) is 9.63 Å². The molecule has 0 fully saturated rings. The van der Waals surface area contributed by atoms with E-state index in [1.54, 1.807) is 26.0 Å². The number of carbonyl (C=O) groups is 1. The van der Waals surface area contributed by atoms with Crippen molar-refractivity contribution in [2.45, 2.75) is 6.92 Å². The molecule has 6 heteroatoms. The van der Waals surface area contributed by atoms with Gasteiger partial charge in [-0.15, -0.1) is 0 Å². The highest BCUT2D eigenvalue weighted by molar-refractivity contribution is 6.66. The average Bonchev–Trinajstić information content (AvgIpc) is 2.44. The minimum atomic E-state index is -0.255. The first-order chi connectivity index (χ1) is 9.47. The van der Waals surface area contributed by atoms with Gasteiger partial charge in [0.2, 0.25) is 0 Å². The van der Waals surface area contributed by atoms with Crippen LogP contribution >= 0.6 is 0 Å². The molecule has 1 amide bonds. The lowest BCUT2D eigenvalue weighted by atomic mass is 10.2. The van der Waals surface area contributed by atoms with Crippen molar-refractivity contribution in [1.29, 1.82) is 0 Å². The molecule has 0 atom stereocenters. The van der Waals surface area contributed by atoms with Crippen molar-refractivity contribution in [1.82, 2.24) is 4.90 Å². The molecule has 20 heavy (non-hydrogen) atoms. The second-order valence-corrected chi connectivity index (χ2v) is 4.37. The number of amides is 1. The Morgan fingerprint density at radius 1 is 1.15 bits per heavy atom. The molecule has 0 aliphatic rings. The number of para-hydroxylation sites is 1. The fourth-order valence-corrected chi connectivity index (χ4v) is 1.54. The zero-order valence-electron chi connectivity index (χ0n) is 12.5. The third-order valence-corrected chi connectivity index (χ3v) is 2.56. The molecule has 0 heterocycles. The SMILES string of the molecule is CON=C(C(=O)N(C)C)C(C)=NN(C)c1ccccc1. The summed E-state index contributed by atoms with van der Waals surface area (Å²) >= 11 is 0. The summed E-state index contributed by atoms with van der Waals surface area (Å²) in [6, 6.07) is 9.63. The smallest absolute Gasteiger partial charge is 0.277 e. The minimum absolute atomic E-state index is 0.181. The Balaban J connectivity index is 3.01. The minimum Gasteiger partial charge on any atom is -0.398 e. The average molecular weight is 276 g/mol. The summed E-state index contributed by atoms with van der Waals surface area (Å²) in [5, 5.41) is 9.81. The van der Waals surface area contributed by atoms with E-state index >= 15 is 0 Å². The maximum Gasteiger partial charge on any atom is 0.277 e. The Morgan fingerprint density at radius 3 is 2.25 bits per heavy atom. The molecule has 0 saturated carbocycles. The number of benzene rings is 1. The first-order valence-electron chi connectivity index (χ1n) is 6.14. The molecule has 0 aromatic heterocycles. The van der Waals surface area contributed by atoms with E-state index < -0.39 is 0 Å². The van der Waals surface area contributed by atoms with Crippen molar-refractivity contribution in [2.75, 3.05) is 33.3 Å². The maximum absolute atomic E-state index is 12.0. The summed E-state index contributed by atoms with van der Waals surface area (Å²) in [5.41, 5.74) is 1.58. The first kappa shape index (κ1) is 15.7. The maximum atomic E-state index is 12.0. The summed E-state index contributed by atoms with van der Waals surface area (Å²) in [6.45, 7) is 1.72. The van der Waals surface area contributed by atoms with Gasteiger partial charge in [-0.05, 0) is 19.1 Å². The number of rotatable bonds is 5. The number of hydrogen-bond acceptors (Lipinski definition) is 5. The lowest BCUT2D eigenvalue weighted by Crippen LogP contribution is -2.35. The Hall–Kier alpha value is -2.37. The van der Waals surface area contributed by atoms with Crippen LogP contribution in [0.2, 0.25) is 0 Å². The highest BCUT2D eigenvalue weighted by Gasteiger charge is 2.18. The summed E-state index contributed by atoms with van der Waals surface area (Å²) in [6.07, 6.45) is 0. The van der Waals surface area contributed by atoms with Crippen LogP contribution in [0.5, 0.6) is 0 Å². The van der Waals surface area contributed by atoms with Gasteiger partial charge in [-0.2, -0.15) is 5.10 Å². The Labute approximate surface area is 119 Å². The van der Waals surface area contributed by atoms with Crippen LogP contribution in [0.15, 0.2) is 40.6 Å². The van der Waals surface area contributed by atoms with Crippen LogP contribution in [0, 0.1) is 0 Å². The van der Waals surface area contributed by atoms with Crippen LogP contribution in [0.25, 0.3) is 0 Å². The molecule has 6 nitrogen and oxygen atoms in total. The molecule has 1 rings (SSSR count). The quantitative estimate of drug-likeness (QED) is 0.606. The normalized spacial score (nSPS) is 12.1. The number of hydrogen-bond donors (Lipinski definition) is 0. The second-order valence-electron chi connectivity index (χ2n) is 4.37. The van der Waals surface area contributed by atoms with Crippen molar-refractivity contribution in [3.63, 3.8) is 0 Å². The van der Waals surface area contributed by atoms with E-state index in [2.05, 4.69) is 10.3 Å². The van der Waals surface area contributed by atoms with Crippen molar-refractivity contribution in [3.8, 4) is 0 Å². The zero-order chi connectivity index (χ0) is 15.1. The van der Waals surface area contributed by atoms with Gasteiger partial charge in [-0.3, -0.25) is 9.80 Å². The number of carbonyl (C=O) groups excluding carboxylic acids is 1. The van der Waals surface area contributed by atoms with E-state index in [9.17, 15) is 4.79 Å². The largest absolute Gasteiger partial charge is 0.398 e. The van der Waals surface area contributed by atoms with Gasteiger partial charge < -0.3 is 9.74 Å².